The van der Waals surface area contributed by atoms with Crippen molar-refractivity contribution in [2.24, 2.45) is 0 Å². The summed E-state index contributed by atoms with van der Waals surface area (Å²) in [4.78, 5) is 29.7. The molecule has 23 heavy (non-hydrogen) atoms. The Balaban J connectivity index is 2.35. The molecular weight excluding hydrogens is 312 g/mol. The Morgan fingerprint density at radius 1 is 1.39 bits per heavy atom. The van der Waals surface area contributed by atoms with Crippen molar-refractivity contribution in [1.82, 2.24) is 10.1 Å². The smallest absolute Gasteiger partial charge is 0.291 e. The highest BCUT2D eigenvalue weighted by atomic mass is 32.2. The van der Waals surface area contributed by atoms with E-state index in [1.165, 1.54) is 11.8 Å². The first-order chi connectivity index (χ1) is 11.1. The lowest BCUT2D eigenvalue weighted by molar-refractivity contribution is -0.771. The first-order valence-electron chi connectivity index (χ1n) is 7.63. The van der Waals surface area contributed by atoms with Crippen molar-refractivity contribution in [2.45, 2.75) is 38.0 Å². The molecule has 3 rings (SSSR count). The molecule has 2 heterocycles. The summed E-state index contributed by atoms with van der Waals surface area (Å²) in [5, 5.41) is 5.08. The molecule has 0 saturated heterocycles. The van der Waals surface area contributed by atoms with Crippen LogP contribution >= 0.6 is 11.8 Å². The van der Waals surface area contributed by atoms with E-state index in [1.54, 1.807) is 9.58 Å². The number of aromatic nitrogens is 3. The molecule has 6 nitrogen and oxygen atoms in total. The Labute approximate surface area is 138 Å². The number of benzene rings is 1. The predicted octanol–water partition coefficient (Wildman–Crippen LogP) is 2.11. The zero-order chi connectivity index (χ0) is 16.6. The SMILES string of the molecule is CCC(=O)N1c2ccccc2-c2c(=O)[nH]c(SC)n[n+]2[C@@H]1CC. The molecule has 0 fully saturated rings. The second kappa shape index (κ2) is 6.16. The Kier molecular flexibility index (Phi) is 4.21. The quantitative estimate of drug-likeness (QED) is 0.691. The Morgan fingerprint density at radius 3 is 2.78 bits per heavy atom. The molecular formula is C16H19N4O2S+. The minimum Gasteiger partial charge on any atom is -0.291 e. The molecule has 1 atom stereocenters. The fourth-order valence-corrected chi connectivity index (χ4v) is 3.33. The minimum absolute atomic E-state index is 0.0234. The molecule has 1 aliphatic rings. The van der Waals surface area contributed by atoms with Crippen LogP contribution < -0.4 is 15.1 Å². The average Bonchev–Trinajstić information content (AvgIpc) is 2.59. The lowest BCUT2D eigenvalue weighted by Crippen LogP contribution is -2.60. The number of hydrogen-bond acceptors (Lipinski definition) is 4. The van der Waals surface area contributed by atoms with Crippen molar-refractivity contribution in [3.05, 3.63) is 34.6 Å². The van der Waals surface area contributed by atoms with Crippen molar-refractivity contribution >= 4 is 23.4 Å². The Morgan fingerprint density at radius 2 is 2.13 bits per heavy atom. The normalized spacial score (nSPS) is 16.0. The summed E-state index contributed by atoms with van der Waals surface area (Å²) in [5.41, 5.74) is 1.83. The Bertz CT molecular complexity index is 818. The van der Waals surface area contributed by atoms with E-state index in [9.17, 15) is 9.59 Å². The van der Waals surface area contributed by atoms with Gasteiger partial charge in [-0.15, -0.1) is 0 Å². The van der Waals surface area contributed by atoms with Crippen LogP contribution in [0.4, 0.5) is 5.69 Å². The fraction of sp³-hybridized carbons (Fsp3) is 0.375. The van der Waals surface area contributed by atoms with E-state index in [0.29, 0.717) is 23.7 Å². The summed E-state index contributed by atoms with van der Waals surface area (Å²) in [7, 11) is 0. The van der Waals surface area contributed by atoms with Gasteiger partial charge in [-0.3, -0.25) is 14.6 Å². The van der Waals surface area contributed by atoms with Gasteiger partial charge in [0.1, 0.15) is 0 Å². The summed E-state index contributed by atoms with van der Waals surface area (Å²) >= 11 is 1.37. The van der Waals surface area contributed by atoms with Gasteiger partial charge in [-0.1, -0.05) is 42.4 Å². The van der Waals surface area contributed by atoms with Crippen LogP contribution in [0, 0.1) is 0 Å². The molecule has 0 radical (unpaired) electrons. The zero-order valence-electron chi connectivity index (χ0n) is 13.4. The number of thioether (sulfide) groups is 1. The summed E-state index contributed by atoms with van der Waals surface area (Å²) in [6.07, 6.45) is 2.64. The van der Waals surface area contributed by atoms with Crippen molar-refractivity contribution in [1.29, 1.82) is 0 Å². The number of anilines is 1. The number of rotatable bonds is 3. The molecule has 7 heteroatoms. The molecule has 0 saturated carbocycles. The predicted molar refractivity (Wildman–Crippen MR) is 89.4 cm³/mol. The van der Waals surface area contributed by atoms with Gasteiger partial charge >= 0.3 is 11.3 Å². The maximum atomic E-state index is 12.6. The van der Waals surface area contributed by atoms with Gasteiger partial charge in [-0.05, 0) is 18.4 Å². The maximum absolute atomic E-state index is 12.6. The standard InChI is InChI=1S/C16H18N4O2S/c1-4-12-19(13(21)5-2)11-9-7-6-8-10(11)14-15(22)17-16(23-3)18-20(12)14/h6-9,12H,4-5H2,1-3H3/p+1/t12-/m1/s1. The molecule has 0 unspecified atom stereocenters. The van der Waals surface area contributed by atoms with Crippen LogP contribution in [0.15, 0.2) is 34.2 Å². The molecule has 0 spiro atoms. The van der Waals surface area contributed by atoms with Crippen molar-refractivity contribution in [3.8, 4) is 11.3 Å². The van der Waals surface area contributed by atoms with Gasteiger partial charge in [-0.25, -0.2) is 4.90 Å². The molecule has 1 N–H and O–H groups in total. The molecule has 1 aromatic carbocycles. The van der Waals surface area contributed by atoms with Crippen LogP contribution in [0.25, 0.3) is 11.3 Å². The van der Waals surface area contributed by atoms with Crippen LogP contribution in [0.2, 0.25) is 0 Å². The highest BCUT2D eigenvalue weighted by Crippen LogP contribution is 2.35. The van der Waals surface area contributed by atoms with Crippen molar-refractivity contribution in [3.63, 3.8) is 0 Å². The van der Waals surface area contributed by atoms with Gasteiger partial charge in [0.05, 0.1) is 11.3 Å². The van der Waals surface area contributed by atoms with Crippen LogP contribution in [-0.2, 0) is 4.79 Å². The van der Waals surface area contributed by atoms with Gasteiger partial charge in [0, 0.05) is 17.9 Å². The van der Waals surface area contributed by atoms with E-state index in [-0.39, 0.29) is 17.6 Å². The third-order valence-electron chi connectivity index (χ3n) is 3.99. The minimum atomic E-state index is -0.291. The summed E-state index contributed by atoms with van der Waals surface area (Å²) < 4.78 is 1.69. The number of para-hydroxylation sites is 1. The maximum Gasteiger partial charge on any atom is 0.325 e. The second-order valence-corrected chi connectivity index (χ2v) is 6.07. The highest BCUT2D eigenvalue weighted by molar-refractivity contribution is 7.98. The number of nitrogens with one attached hydrogen (secondary N) is 1. The van der Waals surface area contributed by atoms with E-state index in [1.807, 2.05) is 44.4 Å². The number of aromatic amines is 1. The number of carbonyl (C=O) groups excluding carboxylic acids is 1. The molecule has 0 bridgehead atoms. The summed E-state index contributed by atoms with van der Waals surface area (Å²) in [6.45, 7) is 3.84. The topological polar surface area (TPSA) is 69.9 Å². The molecule has 0 aliphatic carbocycles. The zero-order valence-corrected chi connectivity index (χ0v) is 14.2. The van der Waals surface area contributed by atoms with Crippen LogP contribution in [0.3, 0.4) is 0 Å². The molecule has 1 amide bonds. The average molecular weight is 331 g/mol. The van der Waals surface area contributed by atoms with Crippen LogP contribution in [0.5, 0.6) is 0 Å². The van der Waals surface area contributed by atoms with E-state index >= 15 is 0 Å². The third-order valence-corrected chi connectivity index (χ3v) is 4.56. The highest BCUT2D eigenvalue weighted by Gasteiger charge is 2.43. The van der Waals surface area contributed by atoms with Gasteiger partial charge in [0.25, 0.3) is 6.17 Å². The van der Waals surface area contributed by atoms with Crippen molar-refractivity contribution in [2.75, 3.05) is 11.2 Å². The number of fused-ring (bicyclic) bond motifs is 3. The van der Waals surface area contributed by atoms with Gasteiger partial charge in [-0.2, -0.15) is 0 Å². The lowest BCUT2D eigenvalue weighted by Gasteiger charge is -2.31. The van der Waals surface area contributed by atoms with Gasteiger partial charge < -0.3 is 0 Å². The molecule has 2 aromatic rings. The number of carbonyl (C=O) groups is 1. The van der Waals surface area contributed by atoms with Crippen molar-refractivity contribution < 1.29 is 9.48 Å². The first-order valence-corrected chi connectivity index (χ1v) is 8.86. The van der Waals surface area contributed by atoms with E-state index in [0.717, 1.165) is 11.3 Å². The van der Waals surface area contributed by atoms with Crippen LogP contribution in [0.1, 0.15) is 32.9 Å². The second-order valence-electron chi connectivity index (χ2n) is 5.28. The Hall–Kier alpha value is -2.15. The first kappa shape index (κ1) is 15.7. The lowest BCUT2D eigenvalue weighted by atomic mass is 10.0. The number of amides is 1. The number of H-pyrrole nitrogens is 1. The molecule has 1 aliphatic heterocycles. The molecule has 1 aromatic heterocycles. The largest absolute Gasteiger partial charge is 0.325 e. The van der Waals surface area contributed by atoms with E-state index in [4.69, 9.17) is 0 Å². The number of nitrogens with zero attached hydrogens (tertiary/aromatic N) is 3. The molecule has 120 valence electrons. The van der Waals surface area contributed by atoms with E-state index in [2.05, 4.69) is 10.1 Å². The summed E-state index contributed by atoms with van der Waals surface area (Å²) in [6, 6.07) is 7.50. The van der Waals surface area contributed by atoms with Gasteiger partial charge in [0.2, 0.25) is 11.1 Å². The number of hydrogen-bond donors (Lipinski definition) is 1. The fourth-order valence-electron chi connectivity index (χ4n) is 2.97. The summed E-state index contributed by atoms with van der Waals surface area (Å²) in [5.74, 6) is 0.0234. The monoisotopic (exact) mass is 331 g/mol. The van der Waals surface area contributed by atoms with Gasteiger partial charge in [0.15, 0.2) is 0 Å². The van der Waals surface area contributed by atoms with Crippen LogP contribution in [-0.4, -0.2) is 22.2 Å². The van der Waals surface area contributed by atoms with E-state index < -0.39 is 0 Å². The third kappa shape index (κ3) is 2.45.